The predicted molar refractivity (Wildman–Crippen MR) is 120 cm³/mol. The first kappa shape index (κ1) is 22.9. The standard InChI is InChI=1S/C23H21N3O8/c1-2-33-23(29)15-11-14(12-16(13-15)26(30)31)21(27)24-19-17-5-3-4-6-18(17)34-20(19)22(28)25-7-9-32-10-8-25/h3-6,11-13H,2,7-10H2,1H3,(H,24,27). The lowest BCUT2D eigenvalue weighted by molar-refractivity contribution is -0.384. The van der Waals surface area contributed by atoms with Gasteiger partial charge >= 0.3 is 5.97 Å². The van der Waals surface area contributed by atoms with E-state index < -0.39 is 28.4 Å². The lowest BCUT2D eigenvalue weighted by Gasteiger charge is -2.26. The van der Waals surface area contributed by atoms with Gasteiger partial charge in [-0.1, -0.05) is 12.1 Å². The Hall–Kier alpha value is -4.25. The maximum absolute atomic E-state index is 13.1. The van der Waals surface area contributed by atoms with E-state index in [1.165, 1.54) is 6.07 Å². The van der Waals surface area contributed by atoms with Gasteiger partial charge in [0.15, 0.2) is 0 Å². The number of carbonyl (C=O) groups is 3. The Bertz CT molecular complexity index is 1280. The maximum atomic E-state index is 13.1. The first-order valence-corrected chi connectivity index (χ1v) is 10.6. The number of nitro benzene ring substituents is 1. The number of esters is 1. The summed E-state index contributed by atoms with van der Waals surface area (Å²) in [4.78, 5) is 50.7. The van der Waals surface area contributed by atoms with Crippen molar-refractivity contribution in [3.8, 4) is 0 Å². The summed E-state index contributed by atoms with van der Waals surface area (Å²) in [5, 5.41) is 14.5. The van der Waals surface area contributed by atoms with Crippen molar-refractivity contribution in [2.75, 3.05) is 38.2 Å². The van der Waals surface area contributed by atoms with Crippen molar-refractivity contribution in [2.24, 2.45) is 0 Å². The Kier molecular flexibility index (Phi) is 6.55. The molecule has 1 aromatic heterocycles. The van der Waals surface area contributed by atoms with Gasteiger partial charge in [-0.3, -0.25) is 19.7 Å². The third-order valence-electron chi connectivity index (χ3n) is 5.23. The summed E-state index contributed by atoms with van der Waals surface area (Å²) in [7, 11) is 0. The number of nitro groups is 1. The SMILES string of the molecule is CCOC(=O)c1cc(C(=O)Nc2c(C(=O)N3CCOCC3)oc3ccccc23)cc([N+](=O)[O-])c1. The number of para-hydroxylation sites is 1. The summed E-state index contributed by atoms with van der Waals surface area (Å²) < 4.78 is 16.0. The third kappa shape index (κ3) is 4.59. The van der Waals surface area contributed by atoms with Crippen LogP contribution in [0.25, 0.3) is 11.0 Å². The van der Waals surface area contributed by atoms with Crippen LogP contribution in [0.1, 0.15) is 38.2 Å². The van der Waals surface area contributed by atoms with Gasteiger partial charge in [0.05, 0.1) is 30.3 Å². The number of amides is 2. The second-order valence-electron chi connectivity index (χ2n) is 7.41. The fourth-order valence-corrected chi connectivity index (χ4v) is 3.60. The van der Waals surface area contributed by atoms with E-state index in [4.69, 9.17) is 13.9 Å². The van der Waals surface area contributed by atoms with E-state index in [9.17, 15) is 24.5 Å². The molecule has 0 saturated carbocycles. The molecule has 0 unspecified atom stereocenters. The number of morpholine rings is 1. The molecule has 1 N–H and O–H groups in total. The van der Waals surface area contributed by atoms with Crippen molar-refractivity contribution in [1.82, 2.24) is 4.90 Å². The highest BCUT2D eigenvalue weighted by Crippen LogP contribution is 2.32. The maximum Gasteiger partial charge on any atom is 0.338 e. The van der Waals surface area contributed by atoms with Crippen LogP contribution in [0, 0.1) is 10.1 Å². The number of rotatable bonds is 6. The number of furan rings is 1. The number of nitrogens with zero attached hydrogens (tertiary/aromatic N) is 2. The second-order valence-corrected chi connectivity index (χ2v) is 7.41. The molecule has 1 fully saturated rings. The quantitative estimate of drug-likeness (QED) is 0.331. The van der Waals surface area contributed by atoms with E-state index in [1.54, 1.807) is 36.1 Å². The normalized spacial score (nSPS) is 13.5. The Morgan fingerprint density at radius 1 is 1.12 bits per heavy atom. The van der Waals surface area contributed by atoms with Gasteiger partial charge in [0.25, 0.3) is 17.5 Å². The largest absolute Gasteiger partial charge is 0.462 e. The number of hydrogen-bond acceptors (Lipinski definition) is 8. The van der Waals surface area contributed by atoms with Crippen LogP contribution in [0.2, 0.25) is 0 Å². The van der Waals surface area contributed by atoms with Gasteiger partial charge in [-0.05, 0) is 25.1 Å². The Morgan fingerprint density at radius 3 is 2.53 bits per heavy atom. The summed E-state index contributed by atoms with van der Waals surface area (Å²) in [5.41, 5.74) is -0.200. The minimum atomic E-state index is -0.794. The van der Waals surface area contributed by atoms with Gasteiger partial charge in [-0.25, -0.2) is 4.79 Å². The number of ether oxygens (including phenoxy) is 2. The van der Waals surface area contributed by atoms with Crippen LogP contribution in [-0.4, -0.2) is 60.5 Å². The zero-order valence-electron chi connectivity index (χ0n) is 18.2. The van der Waals surface area contributed by atoms with Crippen molar-refractivity contribution >= 4 is 40.1 Å². The van der Waals surface area contributed by atoms with Gasteiger partial charge in [-0.15, -0.1) is 0 Å². The number of carbonyl (C=O) groups excluding carboxylic acids is 3. The summed E-state index contributed by atoms with van der Waals surface area (Å²) in [6.07, 6.45) is 0. The number of benzene rings is 2. The van der Waals surface area contributed by atoms with E-state index in [-0.39, 0.29) is 29.2 Å². The molecule has 0 bridgehead atoms. The van der Waals surface area contributed by atoms with Crippen molar-refractivity contribution < 1.29 is 33.2 Å². The fraction of sp³-hybridized carbons (Fsp3) is 0.261. The number of anilines is 1. The summed E-state index contributed by atoms with van der Waals surface area (Å²) >= 11 is 0. The number of fused-ring (bicyclic) bond motifs is 1. The van der Waals surface area contributed by atoms with E-state index >= 15 is 0 Å². The molecule has 0 atom stereocenters. The van der Waals surface area contributed by atoms with Gasteiger partial charge in [0.2, 0.25) is 5.76 Å². The van der Waals surface area contributed by atoms with Crippen molar-refractivity contribution in [3.63, 3.8) is 0 Å². The van der Waals surface area contributed by atoms with Gasteiger partial charge in [0, 0.05) is 36.2 Å². The summed E-state index contributed by atoms with van der Waals surface area (Å²) in [5.74, 6) is -2.03. The van der Waals surface area contributed by atoms with Crippen molar-refractivity contribution in [3.05, 3.63) is 69.5 Å². The minimum absolute atomic E-state index is 0.0625. The molecule has 2 aromatic carbocycles. The lowest BCUT2D eigenvalue weighted by atomic mass is 10.1. The Balaban J connectivity index is 1.72. The van der Waals surface area contributed by atoms with Crippen molar-refractivity contribution in [2.45, 2.75) is 6.92 Å². The van der Waals surface area contributed by atoms with Gasteiger partial charge in [-0.2, -0.15) is 0 Å². The topological polar surface area (TPSA) is 141 Å². The van der Waals surface area contributed by atoms with Crippen LogP contribution in [-0.2, 0) is 9.47 Å². The molecular weight excluding hydrogens is 446 g/mol. The second kappa shape index (κ2) is 9.71. The molecule has 176 valence electrons. The fourth-order valence-electron chi connectivity index (χ4n) is 3.60. The van der Waals surface area contributed by atoms with E-state index in [1.807, 2.05) is 0 Å². The lowest BCUT2D eigenvalue weighted by Crippen LogP contribution is -2.40. The molecule has 2 amide bonds. The molecule has 0 spiro atoms. The molecule has 1 saturated heterocycles. The highest BCUT2D eigenvalue weighted by molar-refractivity contribution is 6.15. The summed E-state index contributed by atoms with van der Waals surface area (Å²) in [6, 6.07) is 10.1. The first-order chi connectivity index (χ1) is 16.4. The Labute approximate surface area is 193 Å². The van der Waals surface area contributed by atoms with E-state index in [0.717, 1.165) is 12.1 Å². The molecule has 0 radical (unpaired) electrons. The molecule has 34 heavy (non-hydrogen) atoms. The smallest absolute Gasteiger partial charge is 0.338 e. The zero-order valence-corrected chi connectivity index (χ0v) is 18.2. The van der Waals surface area contributed by atoms with Crippen LogP contribution in [0.4, 0.5) is 11.4 Å². The third-order valence-corrected chi connectivity index (χ3v) is 5.23. The molecule has 2 heterocycles. The molecule has 1 aliphatic rings. The highest BCUT2D eigenvalue weighted by atomic mass is 16.6. The Morgan fingerprint density at radius 2 is 1.82 bits per heavy atom. The molecule has 3 aromatic rings. The van der Waals surface area contributed by atoms with Crippen LogP contribution in [0.3, 0.4) is 0 Å². The molecule has 11 nitrogen and oxygen atoms in total. The zero-order chi connectivity index (χ0) is 24.2. The van der Waals surface area contributed by atoms with Crippen molar-refractivity contribution in [1.29, 1.82) is 0 Å². The van der Waals surface area contributed by atoms with Crippen LogP contribution in [0.15, 0.2) is 46.9 Å². The van der Waals surface area contributed by atoms with Gasteiger partial charge in [0.1, 0.15) is 11.3 Å². The molecule has 4 rings (SSSR count). The highest BCUT2D eigenvalue weighted by Gasteiger charge is 2.28. The van der Waals surface area contributed by atoms with E-state index in [0.29, 0.717) is 37.3 Å². The molecular formula is C23H21N3O8. The predicted octanol–water partition coefficient (Wildman–Crippen LogP) is 3.24. The van der Waals surface area contributed by atoms with Gasteiger partial charge < -0.3 is 24.1 Å². The molecule has 0 aliphatic carbocycles. The van der Waals surface area contributed by atoms with Crippen LogP contribution >= 0.6 is 0 Å². The van der Waals surface area contributed by atoms with Crippen LogP contribution in [0.5, 0.6) is 0 Å². The van der Waals surface area contributed by atoms with E-state index in [2.05, 4.69) is 5.32 Å². The average molecular weight is 467 g/mol. The first-order valence-electron chi connectivity index (χ1n) is 10.6. The molecule has 1 aliphatic heterocycles. The number of nitrogens with one attached hydrogen (secondary N) is 1. The minimum Gasteiger partial charge on any atom is -0.462 e. The van der Waals surface area contributed by atoms with Crippen LogP contribution < -0.4 is 5.32 Å². The number of non-ortho nitro benzene ring substituents is 1. The summed E-state index contributed by atoms with van der Waals surface area (Å²) in [6.45, 7) is 3.18. The monoisotopic (exact) mass is 467 g/mol. The number of hydrogen-bond donors (Lipinski definition) is 1. The molecule has 11 heteroatoms. The average Bonchev–Trinajstić information content (AvgIpc) is 3.22.